The van der Waals surface area contributed by atoms with Gasteiger partial charge in [-0.05, 0) is 37.5 Å². The molecule has 2 fully saturated rings. The summed E-state index contributed by atoms with van der Waals surface area (Å²) in [4.78, 5) is 26.2. The molecule has 24 heavy (non-hydrogen) atoms. The predicted molar refractivity (Wildman–Crippen MR) is 97.5 cm³/mol. The molecule has 2 aliphatic rings. The van der Waals surface area contributed by atoms with Gasteiger partial charge in [-0.2, -0.15) is 0 Å². The van der Waals surface area contributed by atoms with Crippen molar-refractivity contribution in [1.29, 1.82) is 0 Å². The Balaban J connectivity index is 0.00000208. The molecule has 0 radical (unpaired) electrons. The zero-order chi connectivity index (χ0) is 16.4. The SMILES string of the molecule is C[C@H]1[C@H](c2ccc(Cl)cc2)SC(=O)N1C(=O)NC1CCCCC1.O. The van der Waals surface area contributed by atoms with E-state index in [-0.39, 0.29) is 34.1 Å². The highest BCUT2D eigenvalue weighted by Crippen LogP contribution is 2.43. The Kier molecular flexibility index (Phi) is 6.54. The Labute approximate surface area is 151 Å². The van der Waals surface area contributed by atoms with E-state index >= 15 is 0 Å². The number of hydrogen-bond donors (Lipinski definition) is 1. The molecule has 3 amide bonds. The van der Waals surface area contributed by atoms with Crippen LogP contribution in [0, 0.1) is 0 Å². The van der Waals surface area contributed by atoms with E-state index in [1.807, 2.05) is 31.2 Å². The molecule has 1 saturated carbocycles. The van der Waals surface area contributed by atoms with Gasteiger partial charge in [-0.1, -0.05) is 54.8 Å². The maximum atomic E-state index is 12.5. The summed E-state index contributed by atoms with van der Waals surface area (Å²) < 4.78 is 0. The van der Waals surface area contributed by atoms with Crippen molar-refractivity contribution in [1.82, 2.24) is 10.2 Å². The van der Waals surface area contributed by atoms with E-state index < -0.39 is 0 Å². The summed E-state index contributed by atoms with van der Waals surface area (Å²) >= 11 is 7.14. The van der Waals surface area contributed by atoms with Gasteiger partial charge in [0.1, 0.15) is 0 Å². The van der Waals surface area contributed by atoms with E-state index in [0.717, 1.165) is 31.2 Å². The zero-order valence-corrected chi connectivity index (χ0v) is 15.2. The summed E-state index contributed by atoms with van der Waals surface area (Å²) in [5, 5.41) is 3.48. The molecule has 0 bridgehead atoms. The second-order valence-electron chi connectivity index (χ2n) is 6.25. The van der Waals surface area contributed by atoms with Crippen LogP contribution in [0.15, 0.2) is 24.3 Å². The van der Waals surface area contributed by atoms with E-state index in [0.29, 0.717) is 5.02 Å². The van der Waals surface area contributed by atoms with Gasteiger partial charge in [0.05, 0.1) is 11.3 Å². The molecule has 2 atom stereocenters. The lowest BCUT2D eigenvalue weighted by molar-refractivity contribution is 0.184. The summed E-state index contributed by atoms with van der Waals surface area (Å²) in [6.07, 6.45) is 5.55. The Morgan fingerprint density at radius 2 is 1.83 bits per heavy atom. The van der Waals surface area contributed by atoms with Crippen LogP contribution >= 0.6 is 23.4 Å². The van der Waals surface area contributed by atoms with E-state index in [9.17, 15) is 9.59 Å². The highest BCUT2D eigenvalue weighted by molar-refractivity contribution is 8.14. The summed E-state index contributed by atoms with van der Waals surface area (Å²) in [6, 6.07) is 7.27. The minimum absolute atomic E-state index is 0. The molecule has 1 aromatic rings. The van der Waals surface area contributed by atoms with Crippen molar-refractivity contribution in [2.75, 3.05) is 0 Å². The first-order valence-electron chi connectivity index (χ1n) is 8.12. The molecule has 1 saturated heterocycles. The highest BCUT2D eigenvalue weighted by Gasteiger charge is 2.42. The van der Waals surface area contributed by atoms with Crippen molar-refractivity contribution in [3.63, 3.8) is 0 Å². The van der Waals surface area contributed by atoms with Crippen molar-refractivity contribution in [2.45, 2.75) is 56.4 Å². The topological polar surface area (TPSA) is 80.9 Å². The number of carbonyl (C=O) groups is 2. The van der Waals surface area contributed by atoms with Crippen LogP contribution in [0.4, 0.5) is 9.59 Å². The second kappa shape index (κ2) is 8.23. The number of hydrogen-bond acceptors (Lipinski definition) is 3. The number of rotatable bonds is 2. The van der Waals surface area contributed by atoms with Crippen molar-refractivity contribution in [2.24, 2.45) is 0 Å². The quantitative estimate of drug-likeness (QED) is 0.848. The Morgan fingerprint density at radius 1 is 1.21 bits per heavy atom. The normalized spacial score (nSPS) is 24.6. The molecule has 7 heteroatoms. The standard InChI is InChI=1S/C17H21ClN2O2S.H2O/c1-11-15(12-7-9-13(18)10-8-12)23-17(22)20(11)16(21)19-14-5-3-2-4-6-14;/h7-11,14-15H,2-6H2,1H3,(H,19,21);1H2/t11-,15+;/m0./s1. The number of halogens is 1. The first kappa shape index (κ1) is 19.1. The van der Waals surface area contributed by atoms with Gasteiger partial charge in [0.25, 0.3) is 5.24 Å². The molecule has 1 aliphatic heterocycles. The molecule has 5 nitrogen and oxygen atoms in total. The third kappa shape index (κ3) is 4.05. The molecule has 1 aliphatic carbocycles. The lowest BCUT2D eigenvalue weighted by Gasteiger charge is -2.27. The third-order valence-electron chi connectivity index (χ3n) is 4.62. The molecule has 3 rings (SSSR count). The molecule has 3 N–H and O–H groups in total. The Hall–Kier alpha value is -1.24. The van der Waals surface area contributed by atoms with Gasteiger partial charge in [0, 0.05) is 11.1 Å². The predicted octanol–water partition coefficient (Wildman–Crippen LogP) is 4.16. The largest absolute Gasteiger partial charge is 0.412 e. The maximum absolute atomic E-state index is 12.5. The van der Waals surface area contributed by atoms with E-state index in [4.69, 9.17) is 11.6 Å². The van der Waals surface area contributed by atoms with E-state index in [2.05, 4.69) is 5.32 Å². The Morgan fingerprint density at radius 3 is 2.46 bits per heavy atom. The van der Waals surface area contributed by atoms with Gasteiger partial charge in [-0.3, -0.25) is 9.69 Å². The molecule has 132 valence electrons. The minimum Gasteiger partial charge on any atom is -0.412 e. The number of carbonyl (C=O) groups excluding carboxylic acids is 2. The van der Waals surface area contributed by atoms with Gasteiger partial charge < -0.3 is 10.8 Å². The molecule has 1 aromatic carbocycles. The van der Waals surface area contributed by atoms with Gasteiger partial charge >= 0.3 is 6.03 Å². The number of nitrogens with zero attached hydrogens (tertiary/aromatic N) is 1. The fourth-order valence-corrected chi connectivity index (χ4v) is 4.64. The maximum Gasteiger partial charge on any atom is 0.325 e. The van der Waals surface area contributed by atoms with Gasteiger partial charge in [-0.25, -0.2) is 4.79 Å². The second-order valence-corrected chi connectivity index (χ2v) is 7.78. The summed E-state index contributed by atoms with van der Waals surface area (Å²) in [7, 11) is 0. The zero-order valence-electron chi connectivity index (χ0n) is 13.6. The van der Waals surface area contributed by atoms with Crippen molar-refractivity contribution < 1.29 is 15.1 Å². The molecule has 1 heterocycles. The van der Waals surface area contributed by atoms with Crippen LogP contribution in [0.2, 0.25) is 5.02 Å². The lowest BCUT2D eigenvalue weighted by Crippen LogP contribution is -2.48. The summed E-state index contributed by atoms with van der Waals surface area (Å²) in [5.41, 5.74) is 1.02. The molecule has 0 aromatic heterocycles. The highest BCUT2D eigenvalue weighted by atomic mass is 35.5. The van der Waals surface area contributed by atoms with Crippen LogP contribution in [0.5, 0.6) is 0 Å². The number of benzene rings is 1. The number of nitrogens with one attached hydrogen (secondary N) is 1. The average molecular weight is 371 g/mol. The number of imide groups is 1. The fraction of sp³-hybridized carbons (Fsp3) is 0.529. The van der Waals surface area contributed by atoms with Crippen molar-refractivity contribution in [3.05, 3.63) is 34.9 Å². The minimum atomic E-state index is -0.252. The number of urea groups is 1. The monoisotopic (exact) mass is 370 g/mol. The smallest absolute Gasteiger partial charge is 0.325 e. The first-order valence-corrected chi connectivity index (χ1v) is 9.38. The molecular formula is C17H23ClN2O3S. The van der Waals surface area contributed by atoms with Crippen LogP contribution < -0.4 is 5.32 Å². The third-order valence-corrected chi connectivity index (χ3v) is 6.19. The first-order chi connectivity index (χ1) is 11.1. The van der Waals surface area contributed by atoms with E-state index in [1.165, 1.54) is 23.1 Å². The molecule has 0 spiro atoms. The molecular weight excluding hydrogens is 348 g/mol. The van der Waals surface area contributed by atoms with Crippen LogP contribution in [0.25, 0.3) is 0 Å². The van der Waals surface area contributed by atoms with Crippen LogP contribution in [0.1, 0.15) is 49.8 Å². The van der Waals surface area contributed by atoms with E-state index in [1.54, 1.807) is 0 Å². The lowest BCUT2D eigenvalue weighted by atomic mass is 9.96. The Bertz CT molecular complexity index is 590. The van der Waals surface area contributed by atoms with Crippen molar-refractivity contribution >= 4 is 34.6 Å². The fourth-order valence-electron chi connectivity index (χ4n) is 3.32. The summed E-state index contributed by atoms with van der Waals surface area (Å²) in [6.45, 7) is 1.93. The number of amides is 3. The van der Waals surface area contributed by atoms with Crippen LogP contribution in [-0.4, -0.2) is 33.7 Å². The van der Waals surface area contributed by atoms with Gasteiger partial charge in [-0.15, -0.1) is 0 Å². The van der Waals surface area contributed by atoms with Crippen molar-refractivity contribution in [3.8, 4) is 0 Å². The average Bonchev–Trinajstić information content (AvgIpc) is 2.84. The number of thioether (sulfide) groups is 1. The van der Waals surface area contributed by atoms with Crippen LogP contribution in [0.3, 0.4) is 0 Å². The molecule has 0 unspecified atom stereocenters. The summed E-state index contributed by atoms with van der Waals surface area (Å²) in [5.74, 6) is 0. The van der Waals surface area contributed by atoms with Crippen LogP contribution in [-0.2, 0) is 0 Å². The van der Waals surface area contributed by atoms with Gasteiger partial charge in [0.15, 0.2) is 0 Å². The van der Waals surface area contributed by atoms with Gasteiger partial charge in [0.2, 0.25) is 0 Å².